The predicted octanol–water partition coefficient (Wildman–Crippen LogP) is 4.90. The minimum atomic E-state index is -4.41. The monoisotopic (exact) mass is 290 g/mol. The Balaban J connectivity index is 2.44. The molecule has 2 aromatic rings. The highest BCUT2D eigenvalue weighted by Crippen LogP contribution is 2.37. The molecule has 94 valence electrons. The smallest absolute Gasteiger partial charge is 0.297 e. The molecule has 0 bridgehead atoms. The largest absolute Gasteiger partial charge is 0.416 e. The van der Waals surface area contributed by atoms with Gasteiger partial charge in [0, 0.05) is 15.5 Å². The van der Waals surface area contributed by atoms with E-state index in [1.807, 2.05) is 0 Å². The van der Waals surface area contributed by atoms with Crippen molar-refractivity contribution in [2.45, 2.75) is 6.18 Å². The van der Waals surface area contributed by atoms with E-state index in [0.717, 1.165) is 12.1 Å². The zero-order valence-electron chi connectivity index (χ0n) is 8.79. The molecule has 1 aromatic heterocycles. The second-order valence-electron chi connectivity index (χ2n) is 3.51. The van der Waals surface area contributed by atoms with Gasteiger partial charge < -0.3 is 0 Å². The standard InChI is InChI=1S/C12H6ClF3OS/c13-10-5-7(12(14,15)16)1-3-9(10)11-4-2-8(6-17)18-11/h1-6H. The Bertz CT molecular complexity index is 589. The van der Waals surface area contributed by atoms with E-state index in [-0.39, 0.29) is 5.02 Å². The third kappa shape index (κ3) is 2.57. The van der Waals surface area contributed by atoms with Gasteiger partial charge in [0.2, 0.25) is 0 Å². The summed E-state index contributed by atoms with van der Waals surface area (Å²) in [5.41, 5.74) is -0.300. The van der Waals surface area contributed by atoms with Gasteiger partial charge >= 0.3 is 6.18 Å². The summed E-state index contributed by atoms with van der Waals surface area (Å²) in [4.78, 5) is 11.7. The van der Waals surface area contributed by atoms with Crippen molar-refractivity contribution in [1.82, 2.24) is 0 Å². The van der Waals surface area contributed by atoms with Gasteiger partial charge in [-0.15, -0.1) is 11.3 Å². The summed E-state index contributed by atoms with van der Waals surface area (Å²) in [6.45, 7) is 0. The Morgan fingerprint density at radius 2 is 1.89 bits per heavy atom. The van der Waals surface area contributed by atoms with Gasteiger partial charge in [-0.3, -0.25) is 4.79 Å². The molecule has 0 aliphatic carbocycles. The van der Waals surface area contributed by atoms with Gasteiger partial charge in [-0.05, 0) is 24.3 Å². The fourth-order valence-electron chi connectivity index (χ4n) is 1.45. The Kier molecular flexibility index (Phi) is 3.45. The number of carbonyl (C=O) groups excluding carboxylic acids is 1. The summed E-state index contributed by atoms with van der Waals surface area (Å²) >= 11 is 7.02. The number of carbonyl (C=O) groups is 1. The van der Waals surface area contributed by atoms with E-state index in [0.29, 0.717) is 21.6 Å². The van der Waals surface area contributed by atoms with Crippen molar-refractivity contribution in [3.63, 3.8) is 0 Å². The molecule has 0 saturated heterocycles. The van der Waals surface area contributed by atoms with Crippen molar-refractivity contribution < 1.29 is 18.0 Å². The Labute approximate surface area is 110 Å². The van der Waals surface area contributed by atoms with E-state index in [4.69, 9.17) is 11.6 Å². The Hall–Kier alpha value is -1.33. The van der Waals surface area contributed by atoms with Crippen LogP contribution in [0.3, 0.4) is 0 Å². The van der Waals surface area contributed by atoms with Crippen LogP contribution in [0, 0.1) is 0 Å². The lowest BCUT2D eigenvalue weighted by Crippen LogP contribution is -2.04. The summed E-state index contributed by atoms with van der Waals surface area (Å²) in [6, 6.07) is 6.42. The van der Waals surface area contributed by atoms with Gasteiger partial charge in [0.25, 0.3) is 0 Å². The molecule has 1 nitrogen and oxygen atoms in total. The lowest BCUT2D eigenvalue weighted by atomic mass is 10.1. The van der Waals surface area contributed by atoms with Crippen LogP contribution >= 0.6 is 22.9 Å². The molecular formula is C12H6ClF3OS. The first kappa shape index (κ1) is 13.1. The third-order valence-corrected chi connectivity index (χ3v) is 3.66. The molecule has 6 heteroatoms. The quantitative estimate of drug-likeness (QED) is 0.719. The molecular weight excluding hydrogens is 285 g/mol. The van der Waals surface area contributed by atoms with Crippen LogP contribution in [0.2, 0.25) is 5.02 Å². The van der Waals surface area contributed by atoms with Crippen molar-refractivity contribution in [2.24, 2.45) is 0 Å². The van der Waals surface area contributed by atoms with Crippen molar-refractivity contribution in [3.8, 4) is 10.4 Å². The molecule has 2 rings (SSSR count). The second kappa shape index (κ2) is 4.74. The first-order chi connectivity index (χ1) is 8.41. The fourth-order valence-corrected chi connectivity index (χ4v) is 2.65. The van der Waals surface area contributed by atoms with Gasteiger partial charge in [-0.1, -0.05) is 17.7 Å². The number of hydrogen-bond donors (Lipinski definition) is 0. The minimum absolute atomic E-state index is 0.0177. The average Bonchev–Trinajstić information content (AvgIpc) is 2.76. The van der Waals surface area contributed by atoms with Gasteiger partial charge in [0.15, 0.2) is 6.29 Å². The average molecular weight is 291 g/mol. The van der Waals surface area contributed by atoms with Crippen LogP contribution in [0.1, 0.15) is 15.2 Å². The van der Waals surface area contributed by atoms with Crippen LogP contribution in [0.25, 0.3) is 10.4 Å². The maximum atomic E-state index is 12.5. The molecule has 0 unspecified atom stereocenters. The number of thiophene rings is 1. The predicted molar refractivity (Wildman–Crippen MR) is 65.2 cm³/mol. The lowest BCUT2D eigenvalue weighted by molar-refractivity contribution is -0.137. The second-order valence-corrected chi connectivity index (χ2v) is 5.03. The summed E-state index contributed by atoms with van der Waals surface area (Å²) in [7, 11) is 0. The zero-order chi connectivity index (χ0) is 13.3. The van der Waals surface area contributed by atoms with E-state index in [1.54, 1.807) is 12.1 Å². The summed E-state index contributed by atoms with van der Waals surface area (Å²) in [5.74, 6) is 0. The first-order valence-corrected chi connectivity index (χ1v) is 6.03. The summed E-state index contributed by atoms with van der Waals surface area (Å²) < 4.78 is 37.4. The molecule has 0 aliphatic heterocycles. The highest BCUT2D eigenvalue weighted by Gasteiger charge is 2.31. The number of halogens is 4. The molecule has 1 heterocycles. The molecule has 0 amide bonds. The Morgan fingerprint density at radius 1 is 1.17 bits per heavy atom. The zero-order valence-corrected chi connectivity index (χ0v) is 10.4. The third-order valence-electron chi connectivity index (χ3n) is 2.30. The molecule has 0 atom stereocenters. The molecule has 0 radical (unpaired) electrons. The van der Waals surface area contributed by atoms with E-state index >= 15 is 0 Å². The molecule has 0 spiro atoms. The van der Waals surface area contributed by atoms with E-state index < -0.39 is 11.7 Å². The topological polar surface area (TPSA) is 17.1 Å². The van der Waals surface area contributed by atoms with Crippen LogP contribution in [0.4, 0.5) is 13.2 Å². The molecule has 1 aromatic carbocycles. The van der Waals surface area contributed by atoms with Gasteiger partial charge in [0.05, 0.1) is 10.4 Å². The number of rotatable bonds is 2. The molecule has 0 fully saturated rings. The van der Waals surface area contributed by atoms with Crippen molar-refractivity contribution in [1.29, 1.82) is 0 Å². The van der Waals surface area contributed by atoms with Crippen LogP contribution in [-0.4, -0.2) is 6.29 Å². The lowest BCUT2D eigenvalue weighted by Gasteiger charge is -2.08. The van der Waals surface area contributed by atoms with Crippen molar-refractivity contribution in [2.75, 3.05) is 0 Å². The number of aldehydes is 1. The summed E-state index contributed by atoms with van der Waals surface area (Å²) in [6.07, 6.45) is -3.72. The van der Waals surface area contributed by atoms with Gasteiger partial charge in [0.1, 0.15) is 0 Å². The van der Waals surface area contributed by atoms with Gasteiger partial charge in [-0.2, -0.15) is 13.2 Å². The fraction of sp³-hybridized carbons (Fsp3) is 0.0833. The Morgan fingerprint density at radius 3 is 2.39 bits per heavy atom. The van der Waals surface area contributed by atoms with E-state index in [1.165, 1.54) is 17.4 Å². The maximum absolute atomic E-state index is 12.5. The van der Waals surface area contributed by atoms with Crippen LogP contribution in [0.5, 0.6) is 0 Å². The van der Waals surface area contributed by atoms with E-state index in [9.17, 15) is 18.0 Å². The van der Waals surface area contributed by atoms with Crippen molar-refractivity contribution in [3.05, 3.63) is 45.8 Å². The normalized spacial score (nSPS) is 11.6. The molecule has 0 aliphatic rings. The van der Waals surface area contributed by atoms with Crippen molar-refractivity contribution >= 4 is 29.2 Å². The number of benzene rings is 1. The highest BCUT2D eigenvalue weighted by atomic mass is 35.5. The van der Waals surface area contributed by atoms with Gasteiger partial charge in [-0.25, -0.2) is 0 Å². The highest BCUT2D eigenvalue weighted by molar-refractivity contribution is 7.17. The number of alkyl halides is 3. The number of hydrogen-bond acceptors (Lipinski definition) is 2. The molecule has 18 heavy (non-hydrogen) atoms. The van der Waals surface area contributed by atoms with Crippen LogP contribution < -0.4 is 0 Å². The van der Waals surface area contributed by atoms with Crippen LogP contribution in [0.15, 0.2) is 30.3 Å². The maximum Gasteiger partial charge on any atom is 0.416 e. The van der Waals surface area contributed by atoms with E-state index in [2.05, 4.69) is 0 Å². The van der Waals surface area contributed by atoms with Crippen LogP contribution in [-0.2, 0) is 6.18 Å². The summed E-state index contributed by atoms with van der Waals surface area (Å²) in [5, 5.41) is 0.0177. The minimum Gasteiger partial charge on any atom is -0.297 e. The molecule has 0 saturated carbocycles. The molecule has 0 N–H and O–H groups in total. The SMILES string of the molecule is O=Cc1ccc(-c2ccc(C(F)(F)F)cc2Cl)s1. The first-order valence-electron chi connectivity index (χ1n) is 4.84.